The molecular weight excluding hydrogens is 312 g/mol. The first kappa shape index (κ1) is 16.1. The number of hydrogen-bond donors (Lipinski definition) is 1. The Balaban J connectivity index is 1.68. The van der Waals surface area contributed by atoms with Gasteiger partial charge in [-0.15, -0.1) is 11.3 Å². The van der Waals surface area contributed by atoms with Crippen LogP contribution < -0.4 is 11.3 Å². The Morgan fingerprint density at radius 2 is 2.35 bits per heavy atom. The summed E-state index contributed by atoms with van der Waals surface area (Å²) in [5.41, 5.74) is 5.74. The number of nitrogens with two attached hydrogens (primary N) is 1. The summed E-state index contributed by atoms with van der Waals surface area (Å²) in [7, 11) is 0. The Morgan fingerprint density at radius 1 is 1.52 bits per heavy atom. The van der Waals surface area contributed by atoms with Crippen molar-refractivity contribution in [2.24, 2.45) is 11.7 Å². The maximum absolute atomic E-state index is 12.5. The van der Waals surface area contributed by atoms with Gasteiger partial charge in [-0.25, -0.2) is 4.98 Å². The number of piperidine rings is 1. The second-order valence-corrected chi connectivity index (χ2v) is 7.13. The van der Waals surface area contributed by atoms with Crippen LogP contribution in [0.25, 0.3) is 10.2 Å². The van der Waals surface area contributed by atoms with Gasteiger partial charge in [0, 0.05) is 32.1 Å². The lowest BCUT2D eigenvalue weighted by molar-refractivity contribution is -0.135. The fourth-order valence-corrected chi connectivity index (χ4v) is 3.94. The molecule has 1 aliphatic rings. The number of fused-ring (bicyclic) bond motifs is 1. The van der Waals surface area contributed by atoms with Gasteiger partial charge in [0.1, 0.15) is 4.83 Å². The number of thiophene rings is 1. The molecule has 0 spiro atoms. The third-order valence-electron chi connectivity index (χ3n) is 4.59. The van der Waals surface area contributed by atoms with Crippen LogP contribution >= 0.6 is 11.3 Å². The number of carbonyl (C=O) groups is 1. The molecule has 0 bridgehead atoms. The van der Waals surface area contributed by atoms with Crippen molar-refractivity contribution >= 4 is 27.5 Å². The zero-order valence-electron chi connectivity index (χ0n) is 13.3. The van der Waals surface area contributed by atoms with E-state index in [0.29, 0.717) is 30.8 Å². The molecule has 2 N–H and O–H groups in total. The molecule has 0 aliphatic carbocycles. The van der Waals surface area contributed by atoms with Crippen LogP contribution in [0.2, 0.25) is 0 Å². The van der Waals surface area contributed by atoms with E-state index in [1.54, 1.807) is 6.07 Å². The zero-order chi connectivity index (χ0) is 16.4. The van der Waals surface area contributed by atoms with Gasteiger partial charge in [-0.05, 0) is 30.2 Å². The molecule has 3 rings (SSSR count). The highest BCUT2D eigenvalue weighted by atomic mass is 32.1. The first-order chi connectivity index (χ1) is 11.1. The Labute approximate surface area is 138 Å². The van der Waals surface area contributed by atoms with E-state index in [1.807, 2.05) is 10.3 Å². The second kappa shape index (κ2) is 6.80. The predicted molar refractivity (Wildman–Crippen MR) is 91.5 cm³/mol. The van der Waals surface area contributed by atoms with Gasteiger partial charge in [0.05, 0.1) is 11.7 Å². The van der Waals surface area contributed by atoms with Crippen LogP contribution in [0.15, 0.2) is 22.6 Å². The minimum Gasteiger partial charge on any atom is -0.338 e. The summed E-state index contributed by atoms with van der Waals surface area (Å²) in [6.07, 6.45) is 3.82. The smallest absolute Gasteiger partial charge is 0.262 e. The summed E-state index contributed by atoms with van der Waals surface area (Å²) in [5.74, 6) is 0.685. The van der Waals surface area contributed by atoms with Gasteiger partial charge in [0.15, 0.2) is 0 Å². The average Bonchev–Trinajstić information content (AvgIpc) is 3.03. The van der Waals surface area contributed by atoms with Crippen molar-refractivity contribution in [1.29, 1.82) is 0 Å². The molecule has 1 fully saturated rings. The molecule has 1 saturated heterocycles. The number of aryl methyl sites for hydroxylation is 1. The Hall–Kier alpha value is -1.73. The van der Waals surface area contributed by atoms with Crippen molar-refractivity contribution in [1.82, 2.24) is 14.5 Å². The van der Waals surface area contributed by atoms with Crippen molar-refractivity contribution in [3.05, 3.63) is 28.1 Å². The molecule has 0 aromatic carbocycles. The molecule has 1 amide bonds. The normalized spacial score (nSPS) is 21.7. The second-order valence-electron chi connectivity index (χ2n) is 6.24. The molecule has 23 heavy (non-hydrogen) atoms. The van der Waals surface area contributed by atoms with Crippen molar-refractivity contribution in [2.45, 2.75) is 38.8 Å². The van der Waals surface area contributed by atoms with E-state index >= 15 is 0 Å². The van der Waals surface area contributed by atoms with Crippen molar-refractivity contribution in [3.63, 3.8) is 0 Å². The molecule has 0 saturated carbocycles. The first-order valence-corrected chi connectivity index (χ1v) is 8.90. The van der Waals surface area contributed by atoms with E-state index in [-0.39, 0.29) is 17.5 Å². The van der Waals surface area contributed by atoms with Crippen LogP contribution in [0.3, 0.4) is 0 Å². The van der Waals surface area contributed by atoms with Gasteiger partial charge in [0.2, 0.25) is 5.91 Å². The molecule has 2 aromatic heterocycles. The molecule has 2 aromatic rings. The highest BCUT2D eigenvalue weighted by Crippen LogP contribution is 2.22. The van der Waals surface area contributed by atoms with E-state index in [1.165, 1.54) is 22.2 Å². The third kappa shape index (κ3) is 3.30. The van der Waals surface area contributed by atoms with Gasteiger partial charge in [-0.3, -0.25) is 14.2 Å². The third-order valence-corrected chi connectivity index (χ3v) is 5.41. The summed E-state index contributed by atoms with van der Waals surface area (Å²) in [4.78, 5) is 31.7. The Kier molecular flexibility index (Phi) is 4.77. The van der Waals surface area contributed by atoms with E-state index in [2.05, 4.69) is 11.9 Å². The molecule has 3 heterocycles. The summed E-state index contributed by atoms with van der Waals surface area (Å²) >= 11 is 1.45. The Morgan fingerprint density at radius 3 is 3.13 bits per heavy atom. The fraction of sp³-hybridized carbons (Fsp3) is 0.562. The molecule has 1 aliphatic heterocycles. The van der Waals surface area contributed by atoms with Crippen molar-refractivity contribution in [3.8, 4) is 0 Å². The fourth-order valence-electron chi connectivity index (χ4n) is 3.22. The summed E-state index contributed by atoms with van der Waals surface area (Å²) in [6, 6.07) is 1.91. The maximum Gasteiger partial charge on any atom is 0.262 e. The minimum absolute atomic E-state index is 0.0738. The number of carbonyl (C=O) groups excluding carboxylic acids is 1. The van der Waals surface area contributed by atoms with Gasteiger partial charge in [-0.1, -0.05) is 6.92 Å². The molecule has 0 radical (unpaired) electrons. The maximum atomic E-state index is 12.5. The number of rotatable bonds is 4. The average molecular weight is 334 g/mol. The van der Waals surface area contributed by atoms with E-state index in [0.717, 1.165) is 24.2 Å². The number of amides is 1. The van der Waals surface area contributed by atoms with Crippen LogP contribution in [0.5, 0.6) is 0 Å². The summed E-state index contributed by atoms with van der Waals surface area (Å²) in [5, 5.41) is 2.48. The van der Waals surface area contributed by atoms with Gasteiger partial charge in [-0.2, -0.15) is 0 Å². The minimum atomic E-state index is -0.0771. The highest BCUT2D eigenvalue weighted by Gasteiger charge is 2.28. The largest absolute Gasteiger partial charge is 0.338 e. The molecular formula is C16H22N4O2S. The van der Waals surface area contributed by atoms with Crippen molar-refractivity contribution < 1.29 is 4.79 Å². The molecule has 7 heteroatoms. The SMILES string of the molecule is CC1CCN(C(=O)CCn2cnc3sccc3c2=O)C(CN)C1. The lowest BCUT2D eigenvalue weighted by atomic mass is 9.92. The lowest BCUT2D eigenvalue weighted by Crippen LogP contribution is -2.49. The number of nitrogens with zero attached hydrogens (tertiary/aromatic N) is 3. The summed E-state index contributed by atoms with van der Waals surface area (Å²) < 4.78 is 1.52. The summed E-state index contributed by atoms with van der Waals surface area (Å²) in [6.45, 7) is 3.82. The van der Waals surface area contributed by atoms with Crippen LogP contribution in [-0.2, 0) is 11.3 Å². The highest BCUT2D eigenvalue weighted by molar-refractivity contribution is 7.16. The van der Waals surface area contributed by atoms with Gasteiger partial charge < -0.3 is 10.6 Å². The van der Waals surface area contributed by atoms with Gasteiger partial charge in [0.25, 0.3) is 5.56 Å². The Bertz CT molecular complexity index is 754. The lowest BCUT2D eigenvalue weighted by Gasteiger charge is -2.38. The number of hydrogen-bond acceptors (Lipinski definition) is 5. The molecule has 2 atom stereocenters. The number of aromatic nitrogens is 2. The molecule has 124 valence electrons. The standard InChI is InChI=1S/C16H22N4O2S/c1-11-2-6-20(12(8-11)9-17)14(21)3-5-19-10-18-15-13(16(19)22)4-7-23-15/h4,7,10-12H,2-3,5-6,8-9,17H2,1H3. The quantitative estimate of drug-likeness (QED) is 0.917. The molecule has 2 unspecified atom stereocenters. The van der Waals surface area contributed by atoms with E-state index < -0.39 is 0 Å². The predicted octanol–water partition coefficient (Wildman–Crippen LogP) is 1.43. The number of likely N-dealkylation sites (tertiary alicyclic amines) is 1. The zero-order valence-corrected chi connectivity index (χ0v) is 14.1. The molecule has 6 nitrogen and oxygen atoms in total. The van der Waals surface area contributed by atoms with Crippen LogP contribution in [0.1, 0.15) is 26.2 Å². The monoisotopic (exact) mass is 334 g/mol. The van der Waals surface area contributed by atoms with Crippen LogP contribution in [-0.4, -0.2) is 39.5 Å². The van der Waals surface area contributed by atoms with Gasteiger partial charge >= 0.3 is 0 Å². The first-order valence-electron chi connectivity index (χ1n) is 8.02. The van der Waals surface area contributed by atoms with Crippen LogP contribution in [0.4, 0.5) is 0 Å². The van der Waals surface area contributed by atoms with E-state index in [9.17, 15) is 9.59 Å². The van der Waals surface area contributed by atoms with Crippen molar-refractivity contribution in [2.75, 3.05) is 13.1 Å². The van der Waals surface area contributed by atoms with Crippen LogP contribution in [0, 0.1) is 5.92 Å². The van der Waals surface area contributed by atoms with E-state index in [4.69, 9.17) is 5.73 Å². The topological polar surface area (TPSA) is 81.2 Å².